The largest absolute Gasteiger partial charge is 0.475 e. The number of nitrogens with zero attached hydrogens (tertiary/aromatic N) is 2. The Hall–Kier alpha value is -2.15. The zero-order chi connectivity index (χ0) is 17.5. The van der Waals surface area contributed by atoms with Crippen LogP contribution in [0.4, 0.5) is 5.13 Å². The summed E-state index contributed by atoms with van der Waals surface area (Å²) in [7, 11) is 0. The first-order valence-corrected chi connectivity index (χ1v) is 8.96. The van der Waals surface area contributed by atoms with E-state index >= 15 is 0 Å². The first kappa shape index (κ1) is 18.2. The lowest BCUT2D eigenvalue weighted by Crippen LogP contribution is -2.17. The van der Waals surface area contributed by atoms with Crippen LogP contribution in [0.2, 0.25) is 0 Å². The fourth-order valence-corrected chi connectivity index (χ4v) is 2.58. The van der Waals surface area contributed by atoms with Gasteiger partial charge in [0.05, 0.1) is 17.8 Å². The average Bonchev–Trinajstić information content (AvgIpc) is 3.04. The van der Waals surface area contributed by atoms with Gasteiger partial charge in [0.25, 0.3) is 5.91 Å². The molecule has 0 bridgehead atoms. The summed E-state index contributed by atoms with van der Waals surface area (Å²) >= 11 is 1.36. The van der Waals surface area contributed by atoms with Crippen LogP contribution in [0.1, 0.15) is 50.9 Å². The monoisotopic (exact) mass is 349 g/mol. The van der Waals surface area contributed by atoms with Gasteiger partial charge < -0.3 is 9.47 Å². The minimum absolute atomic E-state index is 0.0456. The zero-order valence-corrected chi connectivity index (χ0v) is 15.2. The van der Waals surface area contributed by atoms with Crippen LogP contribution in [0.5, 0.6) is 11.8 Å². The highest BCUT2D eigenvalue weighted by atomic mass is 32.1. The van der Waals surface area contributed by atoms with Crippen molar-refractivity contribution in [2.24, 2.45) is 0 Å². The summed E-state index contributed by atoms with van der Waals surface area (Å²) in [6, 6.07) is 3.25. The van der Waals surface area contributed by atoms with Crippen LogP contribution in [-0.4, -0.2) is 28.1 Å². The Bertz CT molecular complexity index is 655. The molecule has 0 aliphatic rings. The predicted octanol–water partition coefficient (Wildman–Crippen LogP) is 4.15. The molecule has 0 saturated carbocycles. The van der Waals surface area contributed by atoms with Crippen molar-refractivity contribution in [3.8, 4) is 11.8 Å². The summed E-state index contributed by atoms with van der Waals surface area (Å²) in [6.45, 7) is 7.92. The zero-order valence-electron chi connectivity index (χ0n) is 14.4. The molecule has 0 saturated heterocycles. The van der Waals surface area contributed by atoms with Crippen molar-refractivity contribution in [2.75, 3.05) is 5.32 Å². The van der Waals surface area contributed by atoms with E-state index in [1.165, 1.54) is 11.3 Å². The molecule has 1 amide bonds. The van der Waals surface area contributed by atoms with E-state index in [9.17, 15) is 4.79 Å². The van der Waals surface area contributed by atoms with E-state index in [0.717, 1.165) is 12.8 Å². The van der Waals surface area contributed by atoms with Crippen molar-refractivity contribution in [2.45, 2.75) is 52.7 Å². The van der Waals surface area contributed by atoms with Crippen molar-refractivity contribution in [3.63, 3.8) is 0 Å². The van der Waals surface area contributed by atoms with Gasteiger partial charge in [-0.05, 0) is 26.7 Å². The molecule has 6 nitrogen and oxygen atoms in total. The maximum atomic E-state index is 12.4. The fraction of sp³-hybridized carbons (Fsp3) is 0.471. The van der Waals surface area contributed by atoms with Gasteiger partial charge in [-0.25, -0.2) is 4.98 Å². The van der Waals surface area contributed by atoms with Gasteiger partial charge in [0.1, 0.15) is 0 Å². The highest BCUT2D eigenvalue weighted by molar-refractivity contribution is 7.13. The summed E-state index contributed by atoms with van der Waals surface area (Å²) in [4.78, 5) is 20.9. The summed E-state index contributed by atoms with van der Waals surface area (Å²) < 4.78 is 11.5. The molecule has 2 rings (SSSR count). The Balaban J connectivity index is 2.25. The lowest BCUT2D eigenvalue weighted by atomic mass is 10.2. The smallest absolute Gasteiger partial charge is 0.257 e. The molecule has 7 heteroatoms. The molecule has 0 aliphatic heterocycles. The van der Waals surface area contributed by atoms with E-state index in [4.69, 9.17) is 9.47 Å². The maximum absolute atomic E-state index is 12.4. The van der Waals surface area contributed by atoms with Gasteiger partial charge in [0, 0.05) is 23.7 Å². The van der Waals surface area contributed by atoms with Gasteiger partial charge >= 0.3 is 0 Å². The summed E-state index contributed by atoms with van der Waals surface area (Å²) in [5.41, 5.74) is 0.428. The SMILES string of the molecule is CCC(CC)Oc1cc(C(=O)Nc2nccs2)cc(OC(C)C)n1. The lowest BCUT2D eigenvalue weighted by molar-refractivity contribution is 0.102. The Morgan fingerprint density at radius 1 is 1.21 bits per heavy atom. The number of nitrogens with one attached hydrogen (secondary N) is 1. The van der Waals surface area contributed by atoms with Gasteiger partial charge in [-0.15, -0.1) is 11.3 Å². The number of rotatable bonds is 8. The second-order valence-electron chi connectivity index (χ2n) is 5.55. The number of ether oxygens (including phenoxy) is 2. The predicted molar refractivity (Wildman–Crippen MR) is 95.1 cm³/mol. The number of hydrogen-bond acceptors (Lipinski definition) is 6. The quantitative estimate of drug-likeness (QED) is 0.775. The number of hydrogen-bond donors (Lipinski definition) is 1. The molecule has 0 radical (unpaired) electrons. The molecular formula is C17H23N3O3S. The molecular weight excluding hydrogens is 326 g/mol. The van der Waals surface area contributed by atoms with Crippen LogP contribution in [0.25, 0.3) is 0 Å². The van der Waals surface area contributed by atoms with Gasteiger partial charge in [-0.2, -0.15) is 4.98 Å². The number of carbonyl (C=O) groups excluding carboxylic acids is 1. The van der Waals surface area contributed by atoms with Crippen molar-refractivity contribution >= 4 is 22.4 Å². The molecule has 2 aromatic heterocycles. The van der Waals surface area contributed by atoms with Gasteiger partial charge in [0.15, 0.2) is 5.13 Å². The van der Waals surface area contributed by atoms with Crippen LogP contribution in [0.15, 0.2) is 23.7 Å². The Kier molecular flexibility index (Phi) is 6.54. The van der Waals surface area contributed by atoms with E-state index in [2.05, 4.69) is 29.1 Å². The minimum Gasteiger partial charge on any atom is -0.475 e. The molecule has 0 atom stereocenters. The molecule has 0 fully saturated rings. The van der Waals surface area contributed by atoms with Gasteiger partial charge in [-0.3, -0.25) is 10.1 Å². The first-order chi connectivity index (χ1) is 11.5. The maximum Gasteiger partial charge on any atom is 0.257 e. The van der Waals surface area contributed by atoms with E-state index in [1.807, 2.05) is 13.8 Å². The highest BCUT2D eigenvalue weighted by Crippen LogP contribution is 2.22. The number of carbonyl (C=O) groups is 1. The number of amides is 1. The highest BCUT2D eigenvalue weighted by Gasteiger charge is 2.15. The van der Waals surface area contributed by atoms with Crippen LogP contribution < -0.4 is 14.8 Å². The number of pyridine rings is 1. The van der Waals surface area contributed by atoms with Gasteiger partial charge in [0.2, 0.25) is 11.8 Å². The number of thiazole rings is 1. The lowest BCUT2D eigenvalue weighted by Gasteiger charge is -2.17. The van der Waals surface area contributed by atoms with Crippen LogP contribution in [0.3, 0.4) is 0 Å². The van der Waals surface area contributed by atoms with E-state index in [0.29, 0.717) is 22.5 Å². The standard InChI is InChI=1S/C17H23N3O3S/c1-5-13(6-2)23-15-10-12(9-14(19-15)22-11(3)4)16(21)20-17-18-7-8-24-17/h7-11,13H,5-6H2,1-4H3,(H,18,20,21). The Morgan fingerprint density at radius 2 is 1.88 bits per heavy atom. The molecule has 0 aliphatic carbocycles. The van der Waals surface area contributed by atoms with E-state index in [1.54, 1.807) is 23.7 Å². The molecule has 0 unspecified atom stereocenters. The molecule has 2 heterocycles. The number of anilines is 1. The van der Waals surface area contributed by atoms with Crippen LogP contribution in [-0.2, 0) is 0 Å². The van der Waals surface area contributed by atoms with E-state index < -0.39 is 0 Å². The van der Waals surface area contributed by atoms with Gasteiger partial charge in [-0.1, -0.05) is 13.8 Å². The van der Waals surface area contributed by atoms with Crippen LogP contribution in [0, 0.1) is 0 Å². The number of aromatic nitrogens is 2. The summed E-state index contributed by atoms with van der Waals surface area (Å²) in [5, 5.41) is 5.11. The minimum atomic E-state index is -0.268. The third kappa shape index (κ3) is 5.19. The fourth-order valence-electron chi connectivity index (χ4n) is 2.05. The molecule has 1 N–H and O–H groups in total. The topological polar surface area (TPSA) is 73.3 Å². The first-order valence-electron chi connectivity index (χ1n) is 8.08. The molecule has 0 aromatic carbocycles. The molecule has 2 aromatic rings. The van der Waals surface area contributed by atoms with Crippen molar-refractivity contribution in [3.05, 3.63) is 29.3 Å². The Labute approximate surface area is 146 Å². The third-order valence-corrected chi connectivity index (χ3v) is 3.94. The molecule has 0 spiro atoms. The van der Waals surface area contributed by atoms with E-state index in [-0.39, 0.29) is 18.1 Å². The van der Waals surface area contributed by atoms with Crippen LogP contribution >= 0.6 is 11.3 Å². The second kappa shape index (κ2) is 8.63. The van der Waals surface area contributed by atoms with Crippen molar-refractivity contribution in [1.29, 1.82) is 0 Å². The Morgan fingerprint density at radius 3 is 2.42 bits per heavy atom. The van der Waals surface area contributed by atoms with Crippen molar-refractivity contribution < 1.29 is 14.3 Å². The third-order valence-electron chi connectivity index (χ3n) is 3.25. The molecule has 130 valence electrons. The second-order valence-corrected chi connectivity index (χ2v) is 6.44. The summed E-state index contributed by atoms with van der Waals surface area (Å²) in [6.07, 6.45) is 3.39. The summed E-state index contributed by atoms with van der Waals surface area (Å²) in [5.74, 6) is 0.499. The van der Waals surface area contributed by atoms with Crippen molar-refractivity contribution in [1.82, 2.24) is 9.97 Å². The normalized spacial score (nSPS) is 10.9. The molecule has 24 heavy (non-hydrogen) atoms. The average molecular weight is 349 g/mol.